The van der Waals surface area contributed by atoms with Crippen LogP contribution in [0.4, 0.5) is 19.0 Å². The van der Waals surface area contributed by atoms with E-state index in [9.17, 15) is 18.0 Å². The summed E-state index contributed by atoms with van der Waals surface area (Å²) in [4.78, 5) is 20.3. The number of anilines is 1. The highest BCUT2D eigenvalue weighted by Gasteiger charge is 2.31. The molecule has 32 heavy (non-hydrogen) atoms. The number of nitrogens with one attached hydrogen (secondary N) is 1. The predicted octanol–water partition coefficient (Wildman–Crippen LogP) is 3.41. The first-order valence-electron chi connectivity index (χ1n) is 9.99. The summed E-state index contributed by atoms with van der Waals surface area (Å²) < 4.78 is 43.5. The van der Waals surface area contributed by atoms with Gasteiger partial charge in [-0.3, -0.25) is 4.79 Å². The van der Waals surface area contributed by atoms with E-state index in [1.54, 1.807) is 23.1 Å². The lowest BCUT2D eigenvalue weighted by Gasteiger charge is -2.33. The van der Waals surface area contributed by atoms with Crippen molar-refractivity contribution in [3.8, 4) is 11.4 Å². The minimum Gasteiger partial charge on any atom is -0.497 e. The van der Waals surface area contributed by atoms with Gasteiger partial charge in [-0.2, -0.15) is 28.2 Å². The van der Waals surface area contributed by atoms with Gasteiger partial charge in [-0.1, -0.05) is 0 Å². The van der Waals surface area contributed by atoms with Gasteiger partial charge in [0.1, 0.15) is 17.3 Å². The average molecular weight is 446 g/mol. The molecule has 1 unspecified atom stereocenters. The van der Waals surface area contributed by atoms with E-state index in [1.165, 1.54) is 30.4 Å². The first kappa shape index (κ1) is 21.6. The van der Waals surface area contributed by atoms with Crippen molar-refractivity contribution in [2.45, 2.75) is 25.1 Å². The molecule has 1 amide bonds. The number of ether oxygens (including phenoxy) is 1. The van der Waals surface area contributed by atoms with Crippen LogP contribution < -0.4 is 10.1 Å². The van der Waals surface area contributed by atoms with E-state index in [0.717, 1.165) is 25.1 Å². The highest BCUT2D eigenvalue weighted by Crippen LogP contribution is 2.29. The number of benzene rings is 1. The summed E-state index contributed by atoms with van der Waals surface area (Å²) in [5, 5.41) is 11.4. The fraction of sp³-hybridized carbons (Fsp3) is 0.333. The fourth-order valence-corrected chi connectivity index (χ4v) is 3.63. The first-order valence-corrected chi connectivity index (χ1v) is 9.99. The number of likely N-dealkylation sites (tertiary alicyclic amines) is 1. The highest BCUT2D eigenvalue weighted by molar-refractivity contribution is 5.98. The molecule has 3 aromatic rings. The van der Waals surface area contributed by atoms with Crippen molar-refractivity contribution < 1.29 is 22.7 Å². The first-order chi connectivity index (χ1) is 15.3. The number of hydrogen-bond acceptors (Lipinski definition) is 6. The maximum absolute atomic E-state index is 13.3. The summed E-state index contributed by atoms with van der Waals surface area (Å²) in [6, 6.07) is 7.22. The molecule has 11 heteroatoms. The van der Waals surface area contributed by atoms with Crippen molar-refractivity contribution in [2.75, 3.05) is 25.5 Å². The third-order valence-corrected chi connectivity index (χ3v) is 5.22. The number of carbonyl (C=O) groups excluding carboxylic acids is 1. The number of hydrogen-bond donors (Lipinski definition) is 1. The highest BCUT2D eigenvalue weighted by atomic mass is 19.4. The Morgan fingerprint density at radius 1 is 1.19 bits per heavy atom. The molecule has 1 atom stereocenters. The molecular formula is C21H21F3N6O2. The summed E-state index contributed by atoms with van der Waals surface area (Å²) in [7, 11) is 1.54. The molecule has 1 fully saturated rings. The van der Waals surface area contributed by atoms with Crippen molar-refractivity contribution in [1.29, 1.82) is 0 Å². The van der Waals surface area contributed by atoms with Crippen molar-refractivity contribution in [3.05, 3.63) is 60.0 Å². The van der Waals surface area contributed by atoms with Crippen molar-refractivity contribution >= 4 is 11.7 Å². The number of methoxy groups -OCH3 is 1. The largest absolute Gasteiger partial charge is 0.497 e. The molecule has 168 valence electrons. The number of halogens is 3. The van der Waals surface area contributed by atoms with Crippen LogP contribution in [-0.2, 0) is 6.18 Å². The normalized spacial score (nSPS) is 16.6. The van der Waals surface area contributed by atoms with E-state index in [0.29, 0.717) is 35.9 Å². The summed E-state index contributed by atoms with van der Waals surface area (Å²) in [5.41, 5.74) is 0.122. The molecule has 0 radical (unpaired) electrons. The third-order valence-electron chi connectivity index (χ3n) is 5.22. The maximum atomic E-state index is 13.3. The Morgan fingerprint density at radius 2 is 1.97 bits per heavy atom. The summed E-state index contributed by atoms with van der Waals surface area (Å²) >= 11 is 0. The van der Waals surface area contributed by atoms with Crippen LogP contribution in [-0.4, -0.2) is 57.0 Å². The zero-order chi connectivity index (χ0) is 22.7. The molecule has 1 aliphatic heterocycles. The van der Waals surface area contributed by atoms with Crippen LogP contribution in [0.3, 0.4) is 0 Å². The van der Waals surface area contributed by atoms with Crippen LogP contribution in [0.15, 0.2) is 48.9 Å². The lowest BCUT2D eigenvalue weighted by molar-refractivity contribution is -0.137. The predicted molar refractivity (Wildman–Crippen MR) is 110 cm³/mol. The fourth-order valence-electron chi connectivity index (χ4n) is 3.63. The second kappa shape index (κ2) is 8.85. The summed E-state index contributed by atoms with van der Waals surface area (Å²) in [5.74, 6) is 0.718. The standard InChI is InChI=1S/C21H21F3N6O2/c1-32-16-5-6-17(18(11-16)30-26-8-9-27-30)20(31)29-10-2-3-15(13-29)28-19-7-4-14(12-25-19)21(22,23)24/h4-9,11-12,15H,2-3,10,13H2,1H3,(H,25,28). The Hall–Kier alpha value is -3.63. The number of carbonyl (C=O) groups is 1. The number of alkyl halides is 3. The molecule has 4 rings (SSSR count). The zero-order valence-corrected chi connectivity index (χ0v) is 17.2. The van der Waals surface area contributed by atoms with Crippen LogP contribution in [0.25, 0.3) is 5.69 Å². The lowest BCUT2D eigenvalue weighted by atomic mass is 10.0. The Morgan fingerprint density at radius 3 is 2.62 bits per heavy atom. The van der Waals surface area contributed by atoms with Crippen LogP contribution in [0, 0.1) is 0 Å². The molecule has 0 aliphatic carbocycles. The smallest absolute Gasteiger partial charge is 0.417 e. The van der Waals surface area contributed by atoms with Gasteiger partial charge in [-0.25, -0.2) is 4.98 Å². The number of aromatic nitrogens is 4. The van der Waals surface area contributed by atoms with Gasteiger partial charge in [0.2, 0.25) is 0 Å². The third kappa shape index (κ3) is 4.66. The number of piperidine rings is 1. The molecule has 1 aliphatic rings. The Bertz CT molecular complexity index is 1070. The molecular weight excluding hydrogens is 425 g/mol. The number of amides is 1. The summed E-state index contributed by atoms with van der Waals surface area (Å²) in [6.45, 7) is 0.953. The lowest BCUT2D eigenvalue weighted by Crippen LogP contribution is -2.45. The molecule has 1 aromatic carbocycles. The summed E-state index contributed by atoms with van der Waals surface area (Å²) in [6.07, 6.45) is 0.920. The van der Waals surface area contributed by atoms with E-state index in [4.69, 9.17) is 4.74 Å². The SMILES string of the molecule is COc1ccc(C(=O)N2CCCC(Nc3ccc(C(F)(F)F)cn3)C2)c(-n2nccn2)c1. The van der Waals surface area contributed by atoms with Crippen molar-refractivity contribution in [3.63, 3.8) is 0 Å². The average Bonchev–Trinajstić information content (AvgIpc) is 3.33. The Labute approximate surface area is 182 Å². The molecule has 2 aromatic heterocycles. The van der Waals surface area contributed by atoms with E-state index in [-0.39, 0.29) is 11.9 Å². The van der Waals surface area contributed by atoms with Gasteiger partial charge in [0.25, 0.3) is 5.91 Å². The van der Waals surface area contributed by atoms with Crippen molar-refractivity contribution in [1.82, 2.24) is 24.9 Å². The zero-order valence-electron chi connectivity index (χ0n) is 17.2. The molecule has 0 spiro atoms. The van der Waals surface area contributed by atoms with Gasteiger partial charge >= 0.3 is 6.18 Å². The van der Waals surface area contributed by atoms with Crippen LogP contribution >= 0.6 is 0 Å². The second-order valence-electron chi connectivity index (χ2n) is 7.37. The quantitative estimate of drug-likeness (QED) is 0.647. The van der Waals surface area contributed by atoms with Gasteiger partial charge in [0.05, 0.1) is 30.6 Å². The Kier molecular flexibility index (Phi) is 5.97. The molecule has 3 heterocycles. The molecule has 0 bridgehead atoms. The monoisotopic (exact) mass is 446 g/mol. The topological polar surface area (TPSA) is 85.2 Å². The Balaban J connectivity index is 1.50. The van der Waals surface area contributed by atoms with Gasteiger partial charge in [0, 0.05) is 31.4 Å². The number of nitrogens with zero attached hydrogens (tertiary/aromatic N) is 5. The van der Waals surface area contributed by atoms with Gasteiger partial charge < -0.3 is 15.0 Å². The molecule has 8 nitrogen and oxygen atoms in total. The van der Waals surface area contributed by atoms with Gasteiger partial charge in [0.15, 0.2) is 0 Å². The van der Waals surface area contributed by atoms with Gasteiger partial charge in [-0.15, -0.1) is 0 Å². The maximum Gasteiger partial charge on any atom is 0.417 e. The molecule has 0 saturated carbocycles. The molecule has 1 saturated heterocycles. The van der Waals surface area contributed by atoms with Crippen LogP contribution in [0.5, 0.6) is 5.75 Å². The minimum atomic E-state index is -4.43. The van der Waals surface area contributed by atoms with E-state index in [2.05, 4.69) is 20.5 Å². The van der Waals surface area contributed by atoms with E-state index < -0.39 is 11.7 Å². The number of pyridine rings is 1. The second-order valence-corrected chi connectivity index (χ2v) is 7.37. The van der Waals surface area contributed by atoms with Crippen LogP contribution in [0.1, 0.15) is 28.8 Å². The number of rotatable bonds is 5. The van der Waals surface area contributed by atoms with Crippen LogP contribution in [0.2, 0.25) is 0 Å². The molecule has 1 N–H and O–H groups in total. The van der Waals surface area contributed by atoms with E-state index >= 15 is 0 Å². The van der Waals surface area contributed by atoms with E-state index in [1.807, 2.05) is 0 Å². The minimum absolute atomic E-state index is 0.138. The van der Waals surface area contributed by atoms with Crippen molar-refractivity contribution in [2.24, 2.45) is 0 Å². The van der Waals surface area contributed by atoms with Gasteiger partial charge in [-0.05, 0) is 37.1 Å².